The number of carbonyl (C=O) groups excluding carboxylic acids is 2. The highest BCUT2D eigenvalue weighted by atomic mass is 32.1. The number of hydrogen-bond acceptors (Lipinski definition) is 6. The molecule has 1 aromatic rings. The van der Waals surface area contributed by atoms with Crippen molar-refractivity contribution in [2.75, 3.05) is 13.2 Å². The van der Waals surface area contributed by atoms with Gasteiger partial charge in [-0.15, -0.1) is 11.3 Å². The number of carbonyl (C=O) groups is 2. The second-order valence-corrected chi connectivity index (χ2v) is 5.77. The molecule has 1 amide bonds. The van der Waals surface area contributed by atoms with Gasteiger partial charge < -0.3 is 14.8 Å². The van der Waals surface area contributed by atoms with Crippen molar-refractivity contribution in [3.05, 3.63) is 16.1 Å². The first-order valence-corrected chi connectivity index (χ1v) is 7.28. The predicted molar refractivity (Wildman–Crippen MR) is 79.2 cm³/mol. The molecule has 0 bridgehead atoms. The second kappa shape index (κ2) is 7.64. The average molecular weight is 310 g/mol. The fourth-order valence-electron chi connectivity index (χ4n) is 1.18. The highest BCUT2D eigenvalue weighted by molar-refractivity contribution is 7.10. The Morgan fingerprint density at radius 3 is 2.76 bits per heavy atom. The molecule has 0 aliphatic rings. The van der Waals surface area contributed by atoms with E-state index in [1.807, 2.05) is 0 Å². The average Bonchev–Trinajstić information content (AvgIpc) is 2.81. The van der Waals surface area contributed by atoms with Gasteiger partial charge in [0.15, 0.2) is 10.7 Å². The summed E-state index contributed by atoms with van der Waals surface area (Å²) < 4.78 is 9.89. The topological polar surface area (TPSA) is 77.5 Å². The quantitative estimate of drug-likeness (QED) is 0.684. The maximum absolute atomic E-state index is 11.4. The SMILES string of the molecule is CCOC(=O)c1csc(C#CCNC(=O)OC(C)(C)C)n1. The van der Waals surface area contributed by atoms with Gasteiger partial charge in [-0.2, -0.15) is 0 Å². The van der Waals surface area contributed by atoms with Crippen LogP contribution >= 0.6 is 11.3 Å². The lowest BCUT2D eigenvalue weighted by Gasteiger charge is -2.18. The molecule has 0 spiro atoms. The van der Waals surface area contributed by atoms with Crippen LogP contribution in [0, 0.1) is 11.8 Å². The molecule has 114 valence electrons. The molecular formula is C14H18N2O4S. The summed E-state index contributed by atoms with van der Waals surface area (Å²) in [6, 6.07) is 0. The van der Waals surface area contributed by atoms with Crippen molar-refractivity contribution in [2.45, 2.75) is 33.3 Å². The van der Waals surface area contributed by atoms with Gasteiger partial charge in [-0.1, -0.05) is 5.92 Å². The van der Waals surface area contributed by atoms with Gasteiger partial charge in [-0.3, -0.25) is 0 Å². The summed E-state index contributed by atoms with van der Waals surface area (Å²) in [5.74, 6) is 5.03. The molecule has 6 nitrogen and oxygen atoms in total. The Morgan fingerprint density at radius 2 is 2.14 bits per heavy atom. The molecule has 7 heteroatoms. The molecule has 1 heterocycles. The first-order chi connectivity index (χ1) is 9.81. The summed E-state index contributed by atoms with van der Waals surface area (Å²) >= 11 is 1.24. The van der Waals surface area contributed by atoms with E-state index in [9.17, 15) is 9.59 Å². The molecule has 0 fully saturated rings. The molecule has 0 atom stereocenters. The van der Waals surface area contributed by atoms with E-state index in [0.717, 1.165) is 0 Å². The smallest absolute Gasteiger partial charge is 0.408 e. The van der Waals surface area contributed by atoms with E-state index < -0.39 is 17.7 Å². The van der Waals surface area contributed by atoms with Crippen LogP contribution in [0.25, 0.3) is 0 Å². The zero-order chi connectivity index (χ0) is 15.9. The highest BCUT2D eigenvalue weighted by Gasteiger charge is 2.15. The van der Waals surface area contributed by atoms with Crippen LogP contribution in [0.1, 0.15) is 43.2 Å². The molecule has 1 rings (SSSR count). The molecule has 0 aliphatic carbocycles. The fourth-order valence-corrected chi connectivity index (χ4v) is 1.83. The van der Waals surface area contributed by atoms with Crippen LogP contribution in [0.15, 0.2) is 5.38 Å². The van der Waals surface area contributed by atoms with Gasteiger partial charge >= 0.3 is 12.1 Å². The predicted octanol–water partition coefficient (Wildman–Crippen LogP) is 2.20. The van der Waals surface area contributed by atoms with Gasteiger partial charge in [0.25, 0.3) is 0 Å². The van der Waals surface area contributed by atoms with Crippen LogP contribution in [-0.4, -0.2) is 35.8 Å². The Hall–Kier alpha value is -2.07. The standard InChI is InChI=1S/C14H18N2O4S/c1-5-19-12(17)10-9-21-11(16-10)7-6-8-15-13(18)20-14(2,3)4/h9H,5,8H2,1-4H3,(H,15,18). The number of ether oxygens (including phenoxy) is 2. The third-order valence-electron chi connectivity index (χ3n) is 1.90. The number of hydrogen-bond donors (Lipinski definition) is 1. The van der Waals surface area contributed by atoms with Crippen LogP contribution in [0.4, 0.5) is 4.79 Å². The molecule has 21 heavy (non-hydrogen) atoms. The number of thiazole rings is 1. The summed E-state index contributed by atoms with van der Waals surface area (Å²) in [4.78, 5) is 26.8. The molecular weight excluding hydrogens is 292 g/mol. The van der Waals surface area contributed by atoms with Gasteiger partial charge in [-0.05, 0) is 33.6 Å². The number of alkyl carbamates (subject to hydrolysis) is 1. The van der Waals surface area contributed by atoms with Gasteiger partial charge in [0.1, 0.15) is 5.60 Å². The molecule has 0 aromatic carbocycles. The Bertz CT molecular complexity index is 564. The largest absolute Gasteiger partial charge is 0.461 e. The van der Waals surface area contributed by atoms with Crippen LogP contribution in [0.5, 0.6) is 0 Å². The van der Waals surface area contributed by atoms with Crippen LogP contribution < -0.4 is 5.32 Å². The number of nitrogens with zero attached hydrogens (tertiary/aromatic N) is 1. The summed E-state index contributed by atoms with van der Waals surface area (Å²) in [7, 11) is 0. The summed E-state index contributed by atoms with van der Waals surface area (Å²) in [5, 5.41) is 4.59. The lowest BCUT2D eigenvalue weighted by molar-refractivity contribution is 0.0515. The Labute approximate surface area is 127 Å². The highest BCUT2D eigenvalue weighted by Crippen LogP contribution is 2.09. The third-order valence-corrected chi connectivity index (χ3v) is 2.66. The number of nitrogens with one attached hydrogen (secondary N) is 1. The molecule has 1 N–H and O–H groups in total. The Morgan fingerprint density at radius 1 is 1.43 bits per heavy atom. The fraction of sp³-hybridized carbons (Fsp3) is 0.500. The van der Waals surface area contributed by atoms with E-state index in [2.05, 4.69) is 22.1 Å². The Kier molecular flexibility index (Phi) is 6.18. The van der Waals surface area contributed by atoms with E-state index in [1.54, 1.807) is 33.1 Å². The first kappa shape index (κ1) is 17.0. The van der Waals surface area contributed by atoms with Crippen LogP contribution in [0.2, 0.25) is 0 Å². The zero-order valence-electron chi connectivity index (χ0n) is 12.5. The number of rotatable bonds is 3. The van der Waals surface area contributed by atoms with E-state index >= 15 is 0 Å². The minimum absolute atomic E-state index is 0.142. The van der Waals surface area contributed by atoms with Gasteiger partial charge in [0.05, 0.1) is 13.2 Å². The Balaban J connectivity index is 2.45. The molecule has 0 saturated heterocycles. The van der Waals surface area contributed by atoms with Crippen molar-refractivity contribution in [1.82, 2.24) is 10.3 Å². The monoisotopic (exact) mass is 310 g/mol. The van der Waals surface area contributed by atoms with E-state index in [4.69, 9.17) is 9.47 Å². The van der Waals surface area contributed by atoms with Crippen molar-refractivity contribution < 1.29 is 19.1 Å². The van der Waals surface area contributed by atoms with Gasteiger partial charge in [0, 0.05) is 5.38 Å². The molecule has 0 unspecified atom stereocenters. The van der Waals surface area contributed by atoms with E-state index in [1.165, 1.54) is 11.3 Å². The molecule has 0 aliphatic heterocycles. The van der Waals surface area contributed by atoms with E-state index in [-0.39, 0.29) is 12.2 Å². The van der Waals surface area contributed by atoms with Crippen molar-refractivity contribution in [3.63, 3.8) is 0 Å². The second-order valence-electron chi connectivity index (χ2n) is 4.92. The summed E-state index contributed by atoms with van der Waals surface area (Å²) in [6.07, 6.45) is -0.525. The van der Waals surface area contributed by atoms with Crippen LogP contribution in [0.3, 0.4) is 0 Å². The minimum atomic E-state index is -0.540. The molecule has 0 saturated carbocycles. The normalized spacial score (nSPS) is 10.3. The first-order valence-electron chi connectivity index (χ1n) is 6.40. The molecule has 0 radical (unpaired) electrons. The minimum Gasteiger partial charge on any atom is -0.461 e. The lowest BCUT2D eigenvalue weighted by atomic mass is 10.2. The number of aromatic nitrogens is 1. The van der Waals surface area contributed by atoms with Crippen molar-refractivity contribution in [2.24, 2.45) is 0 Å². The lowest BCUT2D eigenvalue weighted by Crippen LogP contribution is -2.32. The zero-order valence-corrected chi connectivity index (χ0v) is 13.3. The van der Waals surface area contributed by atoms with Gasteiger partial charge in [-0.25, -0.2) is 14.6 Å². The third kappa shape index (κ3) is 6.77. The maximum Gasteiger partial charge on any atom is 0.408 e. The van der Waals surface area contributed by atoms with Crippen molar-refractivity contribution in [3.8, 4) is 11.8 Å². The van der Waals surface area contributed by atoms with Crippen molar-refractivity contribution >= 4 is 23.4 Å². The van der Waals surface area contributed by atoms with Crippen LogP contribution in [-0.2, 0) is 9.47 Å². The van der Waals surface area contributed by atoms with Crippen molar-refractivity contribution in [1.29, 1.82) is 0 Å². The molecule has 1 aromatic heterocycles. The maximum atomic E-state index is 11.4. The number of esters is 1. The summed E-state index contributed by atoms with van der Waals surface area (Å²) in [6.45, 7) is 7.52. The number of amides is 1. The summed E-state index contributed by atoms with van der Waals surface area (Å²) in [5.41, 5.74) is -0.298. The van der Waals surface area contributed by atoms with E-state index in [0.29, 0.717) is 11.6 Å². The van der Waals surface area contributed by atoms with Gasteiger partial charge in [0.2, 0.25) is 0 Å².